The summed E-state index contributed by atoms with van der Waals surface area (Å²) in [5.41, 5.74) is 0. The van der Waals surface area contributed by atoms with E-state index in [4.69, 9.17) is 0 Å². The highest BCUT2D eigenvalue weighted by Crippen LogP contribution is 2.30. The van der Waals surface area contributed by atoms with Gasteiger partial charge in [0.05, 0.1) is 0 Å². The Balaban J connectivity index is 1.67. The van der Waals surface area contributed by atoms with Crippen molar-refractivity contribution in [3.63, 3.8) is 0 Å². The molecule has 0 aromatic heterocycles. The van der Waals surface area contributed by atoms with E-state index in [-0.39, 0.29) is 24.3 Å². The molecule has 2 aliphatic carbocycles. The van der Waals surface area contributed by atoms with Crippen molar-refractivity contribution in [3.05, 3.63) is 0 Å². The predicted molar refractivity (Wildman–Crippen MR) is 72.1 cm³/mol. The van der Waals surface area contributed by atoms with Crippen LogP contribution in [0.5, 0.6) is 0 Å². The predicted octanol–water partition coefficient (Wildman–Crippen LogP) is 2.48. The minimum atomic E-state index is 0.210. The number of nitrogens with one attached hydrogen (secondary N) is 1. The second-order valence-electron chi connectivity index (χ2n) is 6.16. The zero-order valence-electron chi connectivity index (χ0n) is 11.4. The Morgan fingerprint density at radius 3 is 2.33 bits per heavy atom. The molecule has 2 N–H and O–H groups in total. The van der Waals surface area contributed by atoms with Crippen LogP contribution in [0.4, 0.5) is 0 Å². The normalized spacial score (nSPS) is 23.4. The Morgan fingerprint density at radius 2 is 1.72 bits per heavy atom. The fourth-order valence-electron chi connectivity index (χ4n) is 3.52. The molecule has 0 radical (unpaired) electrons. The van der Waals surface area contributed by atoms with Crippen LogP contribution in [0.1, 0.15) is 57.8 Å². The molecule has 0 heterocycles. The summed E-state index contributed by atoms with van der Waals surface area (Å²) in [4.78, 5) is 11.9. The summed E-state index contributed by atoms with van der Waals surface area (Å²) in [5, 5.41) is 12.5. The van der Waals surface area contributed by atoms with Gasteiger partial charge >= 0.3 is 0 Å². The van der Waals surface area contributed by atoms with Gasteiger partial charge in [0.1, 0.15) is 0 Å². The van der Waals surface area contributed by atoms with E-state index in [0.717, 1.165) is 25.2 Å². The van der Waals surface area contributed by atoms with Crippen LogP contribution in [0.15, 0.2) is 0 Å². The van der Waals surface area contributed by atoms with Crippen molar-refractivity contribution in [2.75, 3.05) is 13.2 Å². The van der Waals surface area contributed by atoms with Gasteiger partial charge in [-0.05, 0) is 31.1 Å². The summed E-state index contributed by atoms with van der Waals surface area (Å²) in [6.07, 6.45) is 10.9. The minimum Gasteiger partial charge on any atom is -0.396 e. The first-order chi connectivity index (χ1) is 8.79. The number of rotatable bonds is 6. The van der Waals surface area contributed by atoms with E-state index in [0.29, 0.717) is 6.54 Å². The van der Waals surface area contributed by atoms with Crippen molar-refractivity contribution in [2.45, 2.75) is 57.8 Å². The third-order valence-electron chi connectivity index (χ3n) is 4.69. The van der Waals surface area contributed by atoms with Crippen molar-refractivity contribution < 1.29 is 9.90 Å². The molecule has 0 aromatic rings. The number of carbonyl (C=O) groups excluding carboxylic acids is 1. The van der Waals surface area contributed by atoms with Gasteiger partial charge < -0.3 is 10.4 Å². The van der Waals surface area contributed by atoms with Gasteiger partial charge in [0.25, 0.3) is 0 Å². The van der Waals surface area contributed by atoms with E-state index in [9.17, 15) is 9.90 Å². The van der Waals surface area contributed by atoms with Crippen LogP contribution < -0.4 is 5.32 Å². The topological polar surface area (TPSA) is 49.3 Å². The molecule has 0 spiro atoms. The van der Waals surface area contributed by atoms with Crippen LogP contribution in [0.3, 0.4) is 0 Å². The van der Waals surface area contributed by atoms with Crippen molar-refractivity contribution in [3.8, 4) is 0 Å². The Hall–Kier alpha value is -0.570. The molecular formula is C15H27NO2. The quantitative estimate of drug-likeness (QED) is 0.764. The Bertz CT molecular complexity index is 255. The fourth-order valence-corrected chi connectivity index (χ4v) is 3.52. The molecule has 18 heavy (non-hydrogen) atoms. The molecule has 2 fully saturated rings. The molecule has 104 valence electrons. The molecule has 2 saturated carbocycles. The lowest BCUT2D eigenvalue weighted by Gasteiger charge is -2.20. The number of aliphatic hydroxyl groups is 1. The highest BCUT2D eigenvalue weighted by atomic mass is 16.3. The van der Waals surface area contributed by atoms with Crippen molar-refractivity contribution in [2.24, 2.45) is 17.8 Å². The van der Waals surface area contributed by atoms with Gasteiger partial charge in [0, 0.05) is 19.1 Å². The monoisotopic (exact) mass is 253 g/mol. The summed E-state index contributed by atoms with van der Waals surface area (Å²) in [7, 11) is 0. The first-order valence-corrected chi connectivity index (χ1v) is 7.68. The van der Waals surface area contributed by atoms with Crippen LogP contribution in [0, 0.1) is 17.8 Å². The van der Waals surface area contributed by atoms with Crippen LogP contribution in [0.25, 0.3) is 0 Å². The number of aliphatic hydroxyl groups excluding tert-OH is 1. The van der Waals surface area contributed by atoms with Gasteiger partial charge in [-0.2, -0.15) is 0 Å². The number of carbonyl (C=O) groups is 1. The maximum atomic E-state index is 11.9. The van der Waals surface area contributed by atoms with E-state index < -0.39 is 0 Å². The second kappa shape index (κ2) is 7.13. The van der Waals surface area contributed by atoms with Crippen LogP contribution in [-0.2, 0) is 4.79 Å². The Kier molecular flexibility index (Phi) is 5.48. The first-order valence-electron chi connectivity index (χ1n) is 7.68. The fraction of sp³-hybridized carbons (Fsp3) is 0.933. The lowest BCUT2D eigenvalue weighted by molar-refractivity contribution is -0.125. The van der Waals surface area contributed by atoms with Crippen LogP contribution >= 0.6 is 0 Å². The van der Waals surface area contributed by atoms with E-state index >= 15 is 0 Å². The lowest BCUT2D eigenvalue weighted by Crippen LogP contribution is -2.35. The van der Waals surface area contributed by atoms with Gasteiger partial charge in [0.15, 0.2) is 0 Å². The second-order valence-corrected chi connectivity index (χ2v) is 6.16. The van der Waals surface area contributed by atoms with E-state index in [2.05, 4.69) is 5.32 Å². The molecule has 2 aliphatic rings. The van der Waals surface area contributed by atoms with E-state index in [1.165, 1.54) is 38.5 Å². The molecule has 2 rings (SSSR count). The molecule has 1 amide bonds. The molecule has 3 heteroatoms. The highest BCUT2D eigenvalue weighted by Gasteiger charge is 2.24. The number of hydrogen-bond acceptors (Lipinski definition) is 2. The van der Waals surface area contributed by atoms with E-state index in [1.807, 2.05) is 0 Å². The Morgan fingerprint density at radius 1 is 1.11 bits per heavy atom. The standard InChI is InChI=1S/C15H27NO2/c17-11-13(9-12-5-1-2-6-12)10-16-15(18)14-7-3-4-8-14/h12-14,17H,1-11H2,(H,16,18)/t13-/m0/s1. The van der Waals surface area contributed by atoms with Crippen LogP contribution in [0.2, 0.25) is 0 Å². The van der Waals surface area contributed by atoms with Crippen molar-refractivity contribution >= 4 is 5.91 Å². The Labute approximate surface area is 110 Å². The van der Waals surface area contributed by atoms with Gasteiger partial charge in [-0.3, -0.25) is 4.79 Å². The molecule has 3 nitrogen and oxygen atoms in total. The maximum absolute atomic E-state index is 11.9. The van der Waals surface area contributed by atoms with Gasteiger partial charge in [0.2, 0.25) is 5.91 Å². The highest BCUT2D eigenvalue weighted by molar-refractivity contribution is 5.78. The van der Waals surface area contributed by atoms with Crippen LogP contribution in [-0.4, -0.2) is 24.2 Å². The number of hydrogen-bond donors (Lipinski definition) is 2. The van der Waals surface area contributed by atoms with Crippen molar-refractivity contribution in [1.29, 1.82) is 0 Å². The largest absolute Gasteiger partial charge is 0.396 e. The summed E-state index contributed by atoms with van der Waals surface area (Å²) in [6.45, 7) is 0.879. The maximum Gasteiger partial charge on any atom is 0.223 e. The summed E-state index contributed by atoms with van der Waals surface area (Å²) < 4.78 is 0. The SMILES string of the molecule is O=C(NC[C@@H](CO)CC1CCCC1)C1CCCC1. The average Bonchev–Trinajstić information content (AvgIpc) is 3.06. The molecule has 0 bridgehead atoms. The first kappa shape index (κ1) is 13.9. The zero-order valence-corrected chi connectivity index (χ0v) is 11.4. The molecule has 0 aliphatic heterocycles. The average molecular weight is 253 g/mol. The van der Waals surface area contributed by atoms with Gasteiger partial charge in [-0.1, -0.05) is 38.5 Å². The van der Waals surface area contributed by atoms with Gasteiger partial charge in [-0.25, -0.2) is 0 Å². The molecule has 0 aromatic carbocycles. The molecule has 1 atom stereocenters. The van der Waals surface area contributed by atoms with Gasteiger partial charge in [-0.15, -0.1) is 0 Å². The molecule has 0 saturated heterocycles. The lowest BCUT2D eigenvalue weighted by atomic mass is 9.93. The summed E-state index contributed by atoms with van der Waals surface area (Å²) in [5.74, 6) is 1.51. The third kappa shape index (κ3) is 3.98. The number of amides is 1. The third-order valence-corrected chi connectivity index (χ3v) is 4.69. The smallest absolute Gasteiger partial charge is 0.223 e. The summed E-state index contributed by atoms with van der Waals surface area (Å²) >= 11 is 0. The zero-order chi connectivity index (χ0) is 12.8. The van der Waals surface area contributed by atoms with Crippen molar-refractivity contribution in [1.82, 2.24) is 5.32 Å². The van der Waals surface area contributed by atoms with E-state index in [1.54, 1.807) is 0 Å². The molecular weight excluding hydrogens is 226 g/mol. The molecule has 0 unspecified atom stereocenters. The summed E-state index contributed by atoms with van der Waals surface area (Å²) in [6, 6.07) is 0. The minimum absolute atomic E-state index is 0.210.